The molecule has 5 heteroatoms. The molecule has 114 valence electrons. The van der Waals surface area contributed by atoms with E-state index >= 15 is 0 Å². The Morgan fingerprint density at radius 2 is 2.05 bits per heavy atom. The Labute approximate surface area is 129 Å². The largest absolute Gasteiger partial charge is 0.376 e. The summed E-state index contributed by atoms with van der Waals surface area (Å²) in [5.41, 5.74) is 2.32. The molecule has 1 saturated carbocycles. The van der Waals surface area contributed by atoms with Gasteiger partial charge in [0.1, 0.15) is 11.2 Å². The third-order valence-electron chi connectivity index (χ3n) is 4.50. The summed E-state index contributed by atoms with van der Waals surface area (Å²) < 4.78 is 7.06. The van der Waals surface area contributed by atoms with Crippen LogP contribution < -0.4 is 5.32 Å². The van der Waals surface area contributed by atoms with Crippen LogP contribution in [0.4, 0.5) is 0 Å². The highest BCUT2D eigenvalue weighted by molar-refractivity contribution is 5.93. The number of amides is 1. The molecule has 1 aromatic carbocycles. The van der Waals surface area contributed by atoms with E-state index in [9.17, 15) is 4.79 Å². The summed E-state index contributed by atoms with van der Waals surface area (Å²) in [6.45, 7) is 1.02. The zero-order chi connectivity index (χ0) is 15.2. The van der Waals surface area contributed by atoms with Crippen LogP contribution in [0.2, 0.25) is 0 Å². The average Bonchev–Trinajstić information content (AvgIpc) is 3.26. The molecule has 0 unspecified atom stereocenters. The standard InChI is InChI=1S/C17H19N3O2/c1-20-15(9-14(19-20)12-7-8-12)16(21)18-17(10-22-11-17)13-5-3-2-4-6-13/h2-6,9,12H,7-8,10-11H2,1H3,(H,18,21). The predicted molar refractivity (Wildman–Crippen MR) is 81.6 cm³/mol. The molecule has 4 rings (SSSR count). The Hall–Kier alpha value is -2.14. The monoisotopic (exact) mass is 297 g/mol. The summed E-state index contributed by atoms with van der Waals surface area (Å²) in [5, 5.41) is 7.62. The molecule has 1 aromatic heterocycles. The molecule has 2 aliphatic rings. The summed E-state index contributed by atoms with van der Waals surface area (Å²) in [6.07, 6.45) is 2.36. The minimum Gasteiger partial charge on any atom is -0.376 e. The number of aryl methyl sites for hydroxylation is 1. The molecule has 1 aliphatic heterocycles. The number of benzene rings is 1. The summed E-state index contributed by atoms with van der Waals surface area (Å²) in [4.78, 5) is 12.7. The maximum absolute atomic E-state index is 12.7. The van der Waals surface area contributed by atoms with Gasteiger partial charge in [0, 0.05) is 13.0 Å². The quantitative estimate of drug-likeness (QED) is 0.938. The Kier molecular flexibility index (Phi) is 3.04. The first kappa shape index (κ1) is 13.5. The molecule has 5 nitrogen and oxygen atoms in total. The molecule has 0 spiro atoms. The van der Waals surface area contributed by atoms with Gasteiger partial charge in [-0.25, -0.2) is 0 Å². The van der Waals surface area contributed by atoms with Gasteiger partial charge in [-0.05, 0) is 24.5 Å². The van der Waals surface area contributed by atoms with Crippen LogP contribution >= 0.6 is 0 Å². The summed E-state index contributed by atoms with van der Waals surface area (Å²) in [6, 6.07) is 11.9. The lowest BCUT2D eigenvalue weighted by Crippen LogP contribution is -2.59. The molecule has 2 aromatic rings. The van der Waals surface area contributed by atoms with E-state index in [0.717, 1.165) is 11.3 Å². The number of hydrogen-bond acceptors (Lipinski definition) is 3. The van der Waals surface area contributed by atoms with Crippen molar-refractivity contribution in [1.29, 1.82) is 0 Å². The molecule has 0 radical (unpaired) electrons. The van der Waals surface area contributed by atoms with Crippen molar-refractivity contribution in [3.05, 3.63) is 53.3 Å². The smallest absolute Gasteiger partial charge is 0.270 e. The van der Waals surface area contributed by atoms with Crippen LogP contribution in [0, 0.1) is 0 Å². The third kappa shape index (κ3) is 2.22. The summed E-state index contributed by atoms with van der Waals surface area (Å²) in [5.74, 6) is 0.455. The van der Waals surface area contributed by atoms with Crippen LogP contribution in [-0.4, -0.2) is 28.9 Å². The van der Waals surface area contributed by atoms with E-state index in [1.807, 2.05) is 43.4 Å². The van der Waals surface area contributed by atoms with Crippen LogP contribution in [0.15, 0.2) is 36.4 Å². The molecule has 22 heavy (non-hydrogen) atoms. The highest BCUT2D eigenvalue weighted by Gasteiger charge is 2.42. The second-order valence-corrected chi connectivity index (χ2v) is 6.25. The van der Waals surface area contributed by atoms with E-state index in [1.165, 1.54) is 12.8 Å². The predicted octanol–water partition coefficient (Wildman–Crippen LogP) is 1.95. The second-order valence-electron chi connectivity index (χ2n) is 6.25. The molecule has 1 aliphatic carbocycles. The number of nitrogens with zero attached hydrogens (tertiary/aromatic N) is 2. The van der Waals surface area contributed by atoms with Crippen LogP contribution in [-0.2, 0) is 17.3 Å². The lowest BCUT2D eigenvalue weighted by Gasteiger charge is -2.42. The fraction of sp³-hybridized carbons (Fsp3) is 0.412. The van der Waals surface area contributed by atoms with Crippen molar-refractivity contribution < 1.29 is 9.53 Å². The van der Waals surface area contributed by atoms with E-state index in [4.69, 9.17) is 4.74 Å². The molecule has 0 bridgehead atoms. The topological polar surface area (TPSA) is 56.2 Å². The van der Waals surface area contributed by atoms with Crippen molar-refractivity contribution in [2.24, 2.45) is 7.05 Å². The summed E-state index contributed by atoms with van der Waals surface area (Å²) >= 11 is 0. The molecule has 1 N–H and O–H groups in total. The molecule has 2 fully saturated rings. The molecular weight excluding hydrogens is 278 g/mol. The van der Waals surface area contributed by atoms with E-state index in [0.29, 0.717) is 24.8 Å². The van der Waals surface area contributed by atoms with Crippen LogP contribution in [0.1, 0.15) is 40.5 Å². The van der Waals surface area contributed by atoms with Crippen molar-refractivity contribution in [3.8, 4) is 0 Å². The first-order valence-corrected chi connectivity index (χ1v) is 7.68. The number of carbonyl (C=O) groups excluding carboxylic acids is 1. The molecular formula is C17H19N3O2. The lowest BCUT2D eigenvalue weighted by atomic mass is 9.88. The highest BCUT2D eigenvalue weighted by Crippen LogP contribution is 2.39. The van der Waals surface area contributed by atoms with Crippen molar-refractivity contribution in [2.45, 2.75) is 24.3 Å². The van der Waals surface area contributed by atoms with Gasteiger partial charge in [0.25, 0.3) is 5.91 Å². The Balaban J connectivity index is 1.58. The van der Waals surface area contributed by atoms with Gasteiger partial charge in [-0.3, -0.25) is 9.48 Å². The molecule has 1 saturated heterocycles. The Morgan fingerprint density at radius 3 is 2.64 bits per heavy atom. The van der Waals surface area contributed by atoms with Crippen molar-refractivity contribution in [3.63, 3.8) is 0 Å². The van der Waals surface area contributed by atoms with Gasteiger partial charge < -0.3 is 10.1 Å². The normalized spacial score (nSPS) is 19.5. The molecule has 0 atom stereocenters. The second kappa shape index (κ2) is 4.95. The van der Waals surface area contributed by atoms with E-state index in [-0.39, 0.29) is 5.91 Å². The summed E-state index contributed by atoms with van der Waals surface area (Å²) in [7, 11) is 1.83. The third-order valence-corrected chi connectivity index (χ3v) is 4.50. The molecule has 2 heterocycles. The van der Waals surface area contributed by atoms with Gasteiger partial charge in [0.05, 0.1) is 18.9 Å². The van der Waals surface area contributed by atoms with E-state index in [1.54, 1.807) is 4.68 Å². The number of ether oxygens (including phenoxy) is 1. The Bertz CT molecular complexity index is 700. The Morgan fingerprint density at radius 1 is 1.32 bits per heavy atom. The number of nitrogens with one attached hydrogen (secondary N) is 1. The van der Waals surface area contributed by atoms with Gasteiger partial charge in [-0.1, -0.05) is 30.3 Å². The first-order valence-electron chi connectivity index (χ1n) is 7.68. The van der Waals surface area contributed by atoms with Gasteiger partial charge in [0.2, 0.25) is 0 Å². The zero-order valence-corrected chi connectivity index (χ0v) is 12.6. The van der Waals surface area contributed by atoms with Crippen molar-refractivity contribution in [2.75, 3.05) is 13.2 Å². The maximum Gasteiger partial charge on any atom is 0.270 e. The SMILES string of the molecule is Cn1nc(C2CC2)cc1C(=O)NC1(c2ccccc2)COC1. The number of carbonyl (C=O) groups is 1. The first-order chi connectivity index (χ1) is 10.7. The minimum atomic E-state index is -0.414. The van der Waals surface area contributed by atoms with Crippen LogP contribution in [0.5, 0.6) is 0 Å². The van der Waals surface area contributed by atoms with Crippen molar-refractivity contribution >= 4 is 5.91 Å². The molecule has 1 amide bonds. The number of aromatic nitrogens is 2. The maximum atomic E-state index is 12.7. The van der Waals surface area contributed by atoms with Gasteiger partial charge >= 0.3 is 0 Å². The number of hydrogen-bond donors (Lipinski definition) is 1. The van der Waals surface area contributed by atoms with Gasteiger partial charge in [-0.15, -0.1) is 0 Å². The number of rotatable bonds is 4. The minimum absolute atomic E-state index is 0.0888. The van der Waals surface area contributed by atoms with E-state index < -0.39 is 5.54 Å². The average molecular weight is 297 g/mol. The fourth-order valence-corrected chi connectivity index (χ4v) is 2.94. The van der Waals surface area contributed by atoms with Crippen LogP contribution in [0.3, 0.4) is 0 Å². The van der Waals surface area contributed by atoms with Gasteiger partial charge in [0.15, 0.2) is 0 Å². The van der Waals surface area contributed by atoms with Gasteiger partial charge in [-0.2, -0.15) is 5.10 Å². The highest BCUT2D eigenvalue weighted by atomic mass is 16.5. The van der Waals surface area contributed by atoms with E-state index in [2.05, 4.69) is 10.4 Å². The van der Waals surface area contributed by atoms with Crippen LogP contribution in [0.25, 0.3) is 0 Å². The lowest BCUT2D eigenvalue weighted by molar-refractivity contribution is -0.0735. The fourth-order valence-electron chi connectivity index (χ4n) is 2.94. The van der Waals surface area contributed by atoms with Crippen molar-refractivity contribution in [1.82, 2.24) is 15.1 Å². The zero-order valence-electron chi connectivity index (χ0n) is 12.6.